The summed E-state index contributed by atoms with van der Waals surface area (Å²) in [5, 5.41) is 12.2. The zero-order valence-electron chi connectivity index (χ0n) is 13.0. The summed E-state index contributed by atoms with van der Waals surface area (Å²) in [7, 11) is 1.59. The average molecular weight is 336 g/mol. The third kappa shape index (κ3) is 3.93. The molecule has 2 heterocycles. The van der Waals surface area contributed by atoms with E-state index in [1.54, 1.807) is 30.6 Å². The van der Waals surface area contributed by atoms with Crippen LogP contribution in [-0.2, 0) is 18.0 Å². The van der Waals surface area contributed by atoms with E-state index in [0.29, 0.717) is 18.1 Å². The Kier molecular flexibility index (Phi) is 5.32. The monoisotopic (exact) mass is 336 g/mol. The Hall–Kier alpha value is -1.83. The Balaban J connectivity index is 1.63. The third-order valence-electron chi connectivity index (χ3n) is 3.61. The molecule has 7 heteroatoms. The van der Waals surface area contributed by atoms with Gasteiger partial charge in [0.2, 0.25) is 0 Å². The van der Waals surface area contributed by atoms with Crippen molar-refractivity contribution in [1.29, 1.82) is 0 Å². The molecule has 0 amide bonds. The van der Waals surface area contributed by atoms with Gasteiger partial charge in [0.15, 0.2) is 16.6 Å². The lowest BCUT2D eigenvalue weighted by Crippen LogP contribution is -2.36. The first-order valence-corrected chi connectivity index (χ1v) is 8.36. The lowest BCUT2D eigenvalue weighted by molar-refractivity contribution is 0.122. The van der Waals surface area contributed by atoms with Gasteiger partial charge >= 0.3 is 0 Å². The van der Waals surface area contributed by atoms with E-state index in [1.165, 1.54) is 0 Å². The Morgan fingerprint density at radius 3 is 2.87 bits per heavy atom. The minimum Gasteiger partial charge on any atom is -0.493 e. The zero-order chi connectivity index (χ0) is 16.1. The Morgan fingerprint density at radius 1 is 1.30 bits per heavy atom. The van der Waals surface area contributed by atoms with E-state index in [1.807, 2.05) is 11.4 Å². The first kappa shape index (κ1) is 16.0. The van der Waals surface area contributed by atoms with Crippen LogP contribution in [0.5, 0.6) is 11.5 Å². The van der Waals surface area contributed by atoms with E-state index in [4.69, 9.17) is 19.3 Å². The van der Waals surface area contributed by atoms with Gasteiger partial charge in [0, 0.05) is 18.5 Å². The standard InChI is InChI=1S/C16H20N2O4S/c1-20-15-8-12(9-19)2-3-14(15)22-10-13-11-23-16(17-13)18-4-6-21-7-5-18/h2-3,8,11,19H,4-7,9-10H2,1H3. The van der Waals surface area contributed by atoms with Gasteiger partial charge in [0.1, 0.15) is 6.61 Å². The molecular formula is C16H20N2O4S. The number of aliphatic hydroxyl groups excluding tert-OH is 1. The summed E-state index contributed by atoms with van der Waals surface area (Å²) in [6, 6.07) is 5.40. The number of hydrogen-bond donors (Lipinski definition) is 1. The summed E-state index contributed by atoms with van der Waals surface area (Å²) < 4.78 is 16.5. The maximum atomic E-state index is 9.16. The molecule has 1 aliphatic heterocycles. The number of nitrogens with zero attached hydrogens (tertiary/aromatic N) is 2. The van der Waals surface area contributed by atoms with Gasteiger partial charge in [-0.2, -0.15) is 0 Å². The number of thiazole rings is 1. The van der Waals surface area contributed by atoms with Crippen LogP contribution >= 0.6 is 11.3 Å². The number of morpholine rings is 1. The van der Waals surface area contributed by atoms with E-state index in [-0.39, 0.29) is 6.61 Å². The first-order chi connectivity index (χ1) is 11.3. The van der Waals surface area contributed by atoms with Crippen molar-refractivity contribution in [1.82, 2.24) is 4.98 Å². The molecule has 1 aromatic heterocycles. The molecule has 0 unspecified atom stereocenters. The third-order valence-corrected chi connectivity index (χ3v) is 4.56. The molecule has 0 bridgehead atoms. The lowest BCUT2D eigenvalue weighted by Gasteiger charge is -2.26. The van der Waals surface area contributed by atoms with Gasteiger partial charge in [-0.3, -0.25) is 0 Å². The highest BCUT2D eigenvalue weighted by molar-refractivity contribution is 7.13. The maximum absolute atomic E-state index is 9.16. The SMILES string of the molecule is COc1cc(CO)ccc1OCc1csc(N2CCOCC2)n1. The van der Waals surface area contributed by atoms with Crippen LogP contribution in [0.15, 0.2) is 23.6 Å². The Labute approximate surface area is 139 Å². The molecule has 3 rings (SSSR count). The molecule has 0 atom stereocenters. The quantitative estimate of drug-likeness (QED) is 0.871. The molecule has 6 nitrogen and oxygen atoms in total. The van der Waals surface area contributed by atoms with Crippen LogP contribution in [0.3, 0.4) is 0 Å². The van der Waals surface area contributed by atoms with Crippen molar-refractivity contribution in [2.75, 3.05) is 38.3 Å². The molecule has 1 fully saturated rings. The van der Waals surface area contributed by atoms with Crippen LogP contribution in [0.1, 0.15) is 11.3 Å². The van der Waals surface area contributed by atoms with Crippen LogP contribution in [-0.4, -0.2) is 43.5 Å². The largest absolute Gasteiger partial charge is 0.493 e. The fraction of sp³-hybridized carbons (Fsp3) is 0.438. The second-order valence-electron chi connectivity index (χ2n) is 5.15. The van der Waals surface area contributed by atoms with E-state index in [2.05, 4.69) is 9.88 Å². The van der Waals surface area contributed by atoms with E-state index in [9.17, 15) is 0 Å². The number of methoxy groups -OCH3 is 1. The van der Waals surface area contributed by atoms with Crippen molar-refractivity contribution in [3.8, 4) is 11.5 Å². The lowest BCUT2D eigenvalue weighted by atomic mass is 10.2. The number of aromatic nitrogens is 1. The molecule has 1 aliphatic rings. The highest BCUT2D eigenvalue weighted by Crippen LogP contribution is 2.29. The Morgan fingerprint density at radius 2 is 2.13 bits per heavy atom. The van der Waals surface area contributed by atoms with Crippen molar-refractivity contribution in [2.45, 2.75) is 13.2 Å². The van der Waals surface area contributed by atoms with Crippen LogP contribution in [0.4, 0.5) is 5.13 Å². The van der Waals surface area contributed by atoms with E-state index < -0.39 is 0 Å². The molecule has 23 heavy (non-hydrogen) atoms. The maximum Gasteiger partial charge on any atom is 0.185 e. The van der Waals surface area contributed by atoms with Gasteiger partial charge < -0.3 is 24.2 Å². The number of ether oxygens (including phenoxy) is 3. The minimum absolute atomic E-state index is 0.0222. The van der Waals surface area contributed by atoms with Gasteiger partial charge in [-0.15, -0.1) is 11.3 Å². The number of rotatable bonds is 6. The average Bonchev–Trinajstić information content (AvgIpc) is 3.09. The molecule has 124 valence electrons. The molecule has 2 aromatic rings. The molecule has 1 aromatic carbocycles. The Bertz CT molecular complexity index is 641. The van der Waals surface area contributed by atoms with Gasteiger partial charge in [-0.25, -0.2) is 4.98 Å². The zero-order valence-corrected chi connectivity index (χ0v) is 13.8. The van der Waals surface area contributed by atoms with Crippen LogP contribution in [0, 0.1) is 0 Å². The summed E-state index contributed by atoms with van der Waals surface area (Å²) in [6.45, 7) is 3.62. The van der Waals surface area contributed by atoms with Crippen molar-refractivity contribution in [3.63, 3.8) is 0 Å². The minimum atomic E-state index is -0.0222. The van der Waals surface area contributed by atoms with Gasteiger partial charge in [0.05, 0.1) is 32.6 Å². The predicted molar refractivity (Wildman–Crippen MR) is 88.4 cm³/mol. The number of hydrogen-bond acceptors (Lipinski definition) is 7. The first-order valence-electron chi connectivity index (χ1n) is 7.48. The summed E-state index contributed by atoms with van der Waals surface area (Å²) in [4.78, 5) is 6.85. The number of aliphatic hydroxyl groups is 1. The molecule has 1 saturated heterocycles. The highest BCUT2D eigenvalue weighted by atomic mass is 32.1. The van der Waals surface area contributed by atoms with Crippen molar-refractivity contribution in [2.24, 2.45) is 0 Å². The van der Waals surface area contributed by atoms with Crippen LogP contribution in [0.25, 0.3) is 0 Å². The van der Waals surface area contributed by atoms with Crippen molar-refractivity contribution in [3.05, 3.63) is 34.8 Å². The van der Waals surface area contributed by atoms with E-state index >= 15 is 0 Å². The van der Waals surface area contributed by atoms with Gasteiger partial charge in [-0.05, 0) is 17.7 Å². The smallest absolute Gasteiger partial charge is 0.185 e. The molecule has 0 radical (unpaired) electrons. The number of benzene rings is 1. The van der Waals surface area contributed by atoms with Gasteiger partial charge in [-0.1, -0.05) is 6.07 Å². The second kappa shape index (κ2) is 7.63. The number of anilines is 1. The van der Waals surface area contributed by atoms with Crippen molar-refractivity contribution < 1.29 is 19.3 Å². The molecular weight excluding hydrogens is 316 g/mol. The predicted octanol–water partition coefficient (Wildman–Crippen LogP) is 2.06. The fourth-order valence-electron chi connectivity index (χ4n) is 2.34. The van der Waals surface area contributed by atoms with Crippen LogP contribution < -0.4 is 14.4 Å². The summed E-state index contributed by atoms with van der Waals surface area (Å²) in [5.41, 5.74) is 1.68. The summed E-state index contributed by atoms with van der Waals surface area (Å²) in [5.74, 6) is 1.26. The summed E-state index contributed by atoms with van der Waals surface area (Å²) in [6.07, 6.45) is 0. The second-order valence-corrected chi connectivity index (χ2v) is 5.99. The molecule has 0 spiro atoms. The topological polar surface area (TPSA) is 64.0 Å². The van der Waals surface area contributed by atoms with Crippen LogP contribution in [0.2, 0.25) is 0 Å². The van der Waals surface area contributed by atoms with E-state index in [0.717, 1.165) is 42.7 Å². The fourth-order valence-corrected chi connectivity index (χ4v) is 3.21. The summed E-state index contributed by atoms with van der Waals surface area (Å²) >= 11 is 1.62. The molecule has 0 aliphatic carbocycles. The highest BCUT2D eigenvalue weighted by Gasteiger charge is 2.15. The molecule has 0 saturated carbocycles. The molecule has 1 N–H and O–H groups in total. The van der Waals surface area contributed by atoms with Gasteiger partial charge in [0.25, 0.3) is 0 Å². The normalized spacial score (nSPS) is 14.8. The van der Waals surface area contributed by atoms with Crippen molar-refractivity contribution >= 4 is 16.5 Å².